The van der Waals surface area contributed by atoms with E-state index in [2.05, 4.69) is 28.5 Å². The van der Waals surface area contributed by atoms with E-state index in [9.17, 15) is 4.79 Å². The fourth-order valence-corrected chi connectivity index (χ4v) is 3.52. The second kappa shape index (κ2) is 7.88. The molecule has 0 aliphatic heterocycles. The summed E-state index contributed by atoms with van der Waals surface area (Å²) < 4.78 is 1.22. The van der Waals surface area contributed by atoms with Crippen LogP contribution in [-0.2, 0) is 17.6 Å². The third-order valence-electron chi connectivity index (χ3n) is 3.71. The van der Waals surface area contributed by atoms with Crippen LogP contribution in [0.1, 0.15) is 23.4 Å². The minimum absolute atomic E-state index is 0.127. The van der Waals surface area contributed by atoms with Gasteiger partial charge in [-0.2, -0.15) is 0 Å². The normalized spacial score (nSPS) is 10.8. The molecule has 0 bridgehead atoms. The van der Waals surface area contributed by atoms with Gasteiger partial charge in [-0.15, -0.1) is 11.3 Å². The molecule has 0 fully saturated rings. The van der Waals surface area contributed by atoms with Crippen LogP contribution in [0.15, 0.2) is 54.6 Å². The van der Waals surface area contributed by atoms with Gasteiger partial charge in [0.1, 0.15) is 0 Å². The molecule has 0 saturated carbocycles. The number of thiazole rings is 1. The number of nitrogens with zero attached hydrogens (tertiary/aromatic N) is 1. The Morgan fingerprint density at radius 1 is 1.00 bits per heavy atom. The first kappa shape index (κ1) is 15.7. The number of carbonyl (C=O) groups is 1. The van der Waals surface area contributed by atoms with Crippen molar-refractivity contribution >= 4 is 27.5 Å². The molecule has 4 heteroatoms. The topological polar surface area (TPSA) is 42.0 Å². The van der Waals surface area contributed by atoms with E-state index in [1.807, 2.05) is 36.4 Å². The third-order valence-corrected chi connectivity index (χ3v) is 4.81. The van der Waals surface area contributed by atoms with E-state index in [-0.39, 0.29) is 5.91 Å². The number of benzene rings is 2. The summed E-state index contributed by atoms with van der Waals surface area (Å²) in [6.45, 7) is 0.698. The third kappa shape index (κ3) is 4.63. The van der Waals surface area contributed by atoms with E-state index >= 15 is 0 Å². The van der Waals surface area contributed by atoms with Gasteiger partial charge in [-0.3, -0.25) is 4.79 Å². The fraction of sp³-hybridized carbons (Fsp3) is 0.263. The van der Waals surface area contributed by atoms with Crippen LogP contribution in [0.2, 0.25) is 0 Å². The zero-order valence-corrected chi connectivity index (χ0v) is 13.8. The van der Waals surface area contributed by atoms with Crippen LogP contribution in [-0.4, -0.2) is 17.4 Å². The van der Waals surface area contributed by atoms with Crippen LogP contribution in [0.25, 0.3) is 10.2 Å². The summed E-state index contributed by atoms with van der Waals surface area (Å²) >= 11 is 1.72. The van der Waals surface area contributed by atoms with E-state index in [1.54, 1.807) is 11.3 Å². The highest BCUT2D eigenvalue weighted by Crippen LogP contribution is 2.22. The maximum Gasteiger partial charge on any atom is 0.220 e. The predicted octanol–water partition coefficient (Wildman–Crippen LogP) is 3.98. The molecule has 0 radical (unpaired) electrons. The summed E-state index contributed by atoms with van der Waals surface area (Å²) in [6, 6.07) is 18.4. The van der Waals surface area contributed by atoms with Gasteiger partial charge in [0.05, 0.1) is 15.2 Å². The molecule has 1 amide bonds. The molecule has 2 aromatic carbocycles. The molecule has 1 heterocycles. The number of amides is 1. The molecule has 3 aromatic rings. The van der Waals surface area contributed by atoms with Gasteiger partial charge >= 0.3 is 0 Å². The molecule has 118 valence electrons. The number of para-hydroxylation sites is 1. The maximum atomic E-state index is 11.9. The average molecular weight is 324 g/mol. The monoisotopic (exact) mass is 324 g/mol. The molecule has 1 aromatic heterocycles. The predicted molar refractivity (Wildman–Crippen MR) is 95.7 cm³/mol. The zero-order chi connectivity index (χ0) is 15.9. The largest absolute Gasteiger partial charge is 0.356 e. The maximum absolute atomic E-state index is 11.9. The smallest absolute Gasteiger partial charge is 0.220 e. The highest BCUT2D eigenvalue weighted by molar-refractivity contribution is 7.18. The number of aryl methyl sites for hydroxylation is 1. The Hall–Kier alpha value is -2.20. The number of nitrogens with one attached hydrogen (secondary N) is 1. The van der Waals surface area contributed by atoms with Gasteiger partial charge < -0.3 is 5.32 Å². The van der Waals surface area contributed by atoms with E-state index < -0.39 is 0 Å². The van der Waals surface area contributed by atoms with E-state index in [0.29, 0.717) is 13.0 Å². The molecular weight excluding hydrogens is 304 g/mol. The first-order valence-electron chi connectivity index (χ1n) is 7.96. The second-order valence-electron chi connectivity index (χ2n) is 5.51. The molecule has 0 aliphatic carbocycles. The summed E-state index contributed by atoms with van der Waals surface area (Å²) in [7, 11) is 0. The molecule has 1 N–H and O–H groups in total. The number of aromatic nitrogens is 1. The molecule has 0 unspecified atom stereocenters. The SMILES string of the molecule is O=C(CCCc1nc2ccccc2s1)NCCc1ccccc1. The Bertz CT molecular complexity index is 734. The first-order valence-corrected chi connectivity index (χ1v) is 8.78. The Morgan fingerprint density at radius 2 is 1.78 bits per heavy atom. The minimum atomic E-state index is 0.127. The van der Waals surface area contributed by atoms with E-state index in [1.165, 1.54) is 10.3 Å². The number of fused-ring (bicyclic) bond motifs is 1. The fourth-order valence-electron chi connectivity index (χ4n) is 2.51. The van der Waals surface area contributed by atoms with E-state index in [0.717, 1.165) is 29.8 Å². The van der Waals surface area contributed by atoms with Crippen LogP contribution >= 0.6 is 11.3 Å². The van der Waals surface area contributed by atoms with Crippen molar-refractivity contribution in [3.8, 4) is 0 Å². The molecule has 0 aliphatic rings. The van der Waals surface area contributed by atoms with Crippen LogP contribution in [0.3, 0.4) is 0 Å². The van der Waals surface area contributed by atoms with Crippen molar-refractivity contribution in [1.82, 2.24) is 10.3 Å². The van der Waals surface area contributed by atoms with Crippen molar-refractivity contribution in [1.29, 1.82) is 0 Å². The zero-order valence-electron chi connectivity index (χ0n) is 13.0. The Balaban J connectivity index is 1.37. The molecule has 0 spiro atoms. The lowest BCUT2D eigenvalue weighted by molar-refractivity contribution is -0.121. The summed E-state index contributed by atoms with van der Waals surface area (Å²) in [5.74, 6) is 0.127. The van der Waals surface area contributed by atoms with Crippen molar-refractivity contribution in [2.75, 3.05) is 6.54 Å². The van der Waals surface area contributed by atoms with Crippen molar-refractivity contribution in [3.63, 3.8) is 0 Å². The van der Waals surface area contributed by atoms with Crippen molar-refractivity contribution < 1.29 is 4.79 Å². The van der Waals surface area contributed by atoms with E-state index in [4.69, 9.17) is 0 Å². The van der Waals surface area contributed by atoms with Gasteiger partial charge in [0, 0.05) is 13.0 Å². The summed E-state index contributed by atoms with van der Waals surface area (Å²) in [6.07, 6.45) is 3.15. The molecule has 3 nitrogen and oxygen atoms in total. The minimum Gasteiger partial charge on any atom is -0.356 e. The lowest BCUT2D eigenvalue weighted by Crippen LogP contribution is -2.25. The molecule has 0 atom stereocenters. The summed E-state index contributed by atoms with van der Waals surface area (Å²) in [5, 5.41) is 4.10. The lowest BCUT2D eigenvalue weighted by atomic mass is 10.1. The van der Waals surface area contributed by atoms with Gasteiger partial charge in [-0.1, -0.05) is 42.5 Å². The molecule has 23 heavy (non-hydrogen) atoms. The standard InChI is InChI=1S/C19H20N2OS/c22-18(20-14-13-15-7-2-1-3-8-15)11-6-12-19-21-16-9-4-5-10-17(16)23-19/h1-5,7-10H,6,11-14H2,(H,20,22). The number of rotatable bonds is 7. The number of carbonyl (C=O) groups excluding carboxylic acids is 1. The van der Waals surface area contributed by atoms with Gasteiger partial charge in [0.15, 0.2) is 0 Å². The summed E-state index contributed by atoms with van der Waals surface area (Å²) in [4.78, 5) is 16.5. The van der Waals surface area contributed by atoms with Gasteiger partial charge in [-0.05, 0) is 37.0 Å². The average Bonchev–Trinajstić information content (AvgIpc) is 2.98. The summed E-state index contributed by atoms with van der Waals surface area (Å²) in [5.41, 5.74) is 2.31. The lowest BCUT2D eigenvalue weighted by Gasteiger charge is -2.04. The molecule has 3 rings (SSSR count). The van der Waals surface area contributed by atoms with Crippen LogP contribution in [0, 0.1) is 0 Å². The van der Waals surface area contributed by atoms with Crippen LogP contribution < -0.4 is 5.32 Å². The molecule has 0 saturated heterocycles. The quantitative estimate of drug-likeness (QED) is 0.714. The Morgan fingerprint density at radius 3 is 2.61 bits per heavy atom. The number of hydrogen-bond acceptors (Lipinski definition) is 3. The molecular formula is C19H20N2OS. The highest BCUT2D eigenvalue weighted by Gasteiger charge is 2.05. The Kier molecular flexibility index (Phi) is 5.37. The highest BCUT2D eigenvalue weighted by atomic mass is 32.1. The van der Waals surface area contributed by atoms with Crippen molar-refractivity contribution in [2.24, 2.45) is 0 Å². The first-order chi connectivity index (χ1) is 11.3. The van der Waals surface area contributed by atoms with Crippen LogP contribution in [0.4, 0.5) is 0 Å². The van der Waals surface area contributed by atoms with Crippen molar-refractivity contribution in [2.45, 2.75) is 25.7 Å². The van der Waals surface area contributed by atoms with Gasteiger partial charge in [0.25, 0.3) is 0 Å². The van der Waals surface area contributed by atoms with Crippen LogP contribution in [0.5, 0.6) is 0 Å². The second-order valence-corrected chi connectivity index (χ2v) is 6.63. The van der Waals surface area contributed by atoms with Gasteiger partial charge in [-0.25, -0.2) is 4.98 Å². The number of hydrogen-bond donors (Lipinski definition) is 1. The van der Waals surface area contributed by atoms with Crippen molar-refractivity contribution in [3.05, 3.63) is 65.2 Å². The Labute approximate surface area is 140 Å². The van der Waals surface area contributed by atoms with Gasteiger partial charge in [0.2, 0.25) is 5.91 Å².